The molecule has 0 amide bonds. The standard InChI is InChI=1S/C24H29NO6S/c1-2-32(26,27)25-14-20-13-21-24(30-20)23(29-16-19-11-7-4-8-12-19)22(31-21)17-28-15-18-9-5-3-6-10-18/h2-12,20-25H,1,13-17H2/t20-,21-,22+,23+,24+/m0/s1. The first-order valence-electron chi connectivity index (χ1n) is 10.7. The van der Waals surface area contributed by atoms with Gasteiger partial charge in [0.2, 0.25) is 10.0 Å². The van der Waals surface area contributed by atoms with Crippen LogP contribution < -0.4 is 4.72 Å². The highest BCUT2D eigenvalue weighted by molar-refractivity contribution is 7.92. The van der Waals surface area contributed by atoms with Crippen LogP contribution >= 0.6 is 0 Å². The molecule has 2 aromatic carbocycles. The second kappa shape index (κ2) is 10.7. The van der Waals surface area contributed by atoms with E-state index in [1.807, 2.05) is 60.7 Å². The third-order valence-electron chi connectivity index (χ3n) is 5.66. The summed E-state index contributed by atoms with van der Waals surface area (Å²) in [5, 5.41) is 0.894. The van der Waals surface area contributed by atoms with Gasteiger partial charge in [-0.1, -0.05) is 67.2 Å². The van der Waals surface area contributed by atoms with E-state index in [0.717, 1.165) is 16.5 Å². The molecule has 0 spiro atoms. The van der Waals surface area contributed by atoms with Crippen molar-refractivity contribution >= 4 is 10.0 Å². The fourth-order valence-electron chi connectivity index (χ4n) is 4.06. The van der Waals surface area contributed by atoms with Crippen molar-refractivity contribution in [2.45, 2.75) is 50.2 Å². The number of nitrogens with one attached hydrogen (secondary N) is 1. The van der Waals surface area contributed by atoms with Crippen LogP contribution in [0.2, 0.25) is 0 Å². The Morgan fingerprint density at radius 2 is 1.66 bits per heavy atom. The maximum atomic E-state index is 11.7. The minimum atomic E-state index is -3.50. The van der Waals surface area contributed by atoms with Gasteiger partial charge in [0.1, 0.15) is 18.3 Å². The lowest BCUT2D eigenvalue weighted by atomic mass is 10.1. The van der Waals surface area contributed by atoms with Crippen molar-refractivity contribution < 1.29 is 27.4 Å². The maximum Gasteiger partial charge on any atom is 0.233 e. The van der Waals surface area contributed by atoms with E-state index in [0.29, 0.717) is 26.2 Å². The van der Waals surface area contributed by atoms with Gasteiger partial charge in [-0.3, -0.25) is 0 Å². The van der Waals surface area contributed by atoms with Crippen LogP contribution in [0.25, 0.3) is 0 Å². The minimum absolute atomic E-state index is 0.167. The quantitative estimate of drug-likeness (QED) is 0.556. The summed E-state index contributed by atoms with van der Waals surface area (Å²) >= 11 is 0. The zero-order valence-corrected chi connectivity index (χ0v) is 18.7. The molecule has 0 unspecified atom stereocenters. The Labute approximate surface area is 189 Å². The zero-order valence-electron chi connectivity index (χ0n) is 17.8. The molecule has 0 aliphatic carbocycles. The molecule has 2 fully saturated rings. The average molecular weight is 460 g/mol. The Hall–Kier alpha value is -2.07. The lowest BCUT2D eigenvalue weighted by Crippen LogP contribution is -2.39. The van der Waals surface area contributed by atoms with Crippen LogP contribution in [0.15, 0.2) is 72.7 Å². The Morgan fingerprint density at radius 1 is 1.00 bits per heavy atom. The molecule has 32 heavy (non-hydrogen) atoms. The molecule has 8 heteroatoms. The monoisotopic (exact) mass is 459 g/mol. The predicted molar refractivity (Wildman–Crippen MR) is 120 cm³/mol. The second-order valence-corrected chi connectivity index (χ2v) is 9.71. The Morgan fingerprint density at radius 3 is 2.31 bits per heavy atom. The summed E-state index contributed by atoms with van der Waals surface area (Å²) in [5.74, 6) is 0. The number of fused-ring (bicyclic) bond motifs is 1. The summed E-state index contributed by atoms with van der Waals surface area (Å²) < 4.78 is 50.4. The molecular formula is C24H29NO6S. The Kier molecular flexibility index (Phi) is 7.72. The summed E-state index contributed by atoms with van der Waals surface area (Å²) in [6, 6.07) is 19.9. The Bertz CT molecular complexity index is 968. The highest BCUT2D eigenvalue weighted by Gasteiger charge is 2.51. The predicted octanol–water partition coefficient (Wildman–Crippen LogP) is 2.78. The molecule has 2 aliphatic heterocycles. The van der Waals surface area contributed by atoms with Gasteiger partial charge in [-0.25, -0.2) is 13.1 Å². The fraction of sp³-hybridized carbons (Fsp3) is 0.417. The van der Waals surface area contributed by atoms with Gasteiger partial charge < -0.3 is 18.9 Å². The number of hydrogen-bond donors (Lipinski definition) is 1. The summed E-state index contributed by atoms with van der Waals surface area (Å²) in [6.45, 7) is 4.80. The molecule has 2 heterocycles. The molecule has 7 nitrogen and oxygen atoms in total. The lowest BCUT2D eigenvalue weighted by Gasteiger charge is -2.24. The van der Waals surface area contributed by atoms with Gasteiger partial charge in [-0.15, -0.1) is 0 Å². The first-order valence-corrected chi connectivity index (χ1v) is 12.3. The van der Waals surface area contributed by atoms with Crippen LogP contribution in [-0.2, 0) is 42.2 Å². The van der Waals surface area contributed by atoms with E-state index in [1.165, 1.54) is 0 Å². The molecule has 4 rings (SSSR count). The van der Waals surface area contributed by atoms with Crippen molar-refractivity contribution in [3.63, 3.8) is 0 Å². The van der Waals surface area contributed by atoms with Crippen molar-refractivity contribution in [2.75, 3.05) is 13.2 Å². The van der Waals surface area contributed by atoms with E-state index >= 15 is 0 Å². The van der Waals surface area contributed by atoms with E-state index in [1.54, 1.807) is 0 Å². The molecule has 172 valence electrons. The van der Waals surface area contributed by atoms with Crippen LogP contribution in [0.3, 0.4) is 0 Å². The molecule has 5 atom stereocenters. The van der Waals surface area contributed by atoms with Gasteiger partial charge in [-0.05, 0) is 11.1 Å². The smallest absolute Gasteiger partial charge is 0.233 e. The van der Waals surface area contributed by atoms with Crippen molar-refractivity contribution in [2.24, 2.45) is 0 Å². The maximum absolute atomic E-state index is 11.7. The van der Waals surface area contributed by atoms with Crippen LogP contribution in [0, 0.1) is 0 Å². The third-order valence-corrected chi connectivity index (χ3v) is 6.67. The van der Waals surface area contributed by atoms with Crippen LogP contribution in [0.5, 0.6) is 0 Å². The highest BCUT2D eigenvalue weighted by atomic mass is 32.2. The molecule has 2 aromatic rings. The normalized spacial score (nSPS) is 27.3. The summed E-state index contributed by atoms with van der Waals surface area (Å²) in [4.78, 5) is 0. The van der Waals surface area contributed by atoms with Crippen molar-refractivity contribution in [1.29, 1.82) is 0 Å². The molecule has 0 saturated carbocycles. The molecule has 1 N–H and O–H groups in total. The number of hydrogen-bond acceptors (Lipinski definition) is 6. The first-order chi connectivity index (χ1) is 15.5. The summed E-state index contributed by atoms with van der Waals surface area (Å²) in [5.41, 5.74) is 2.16. The molecule has 0 aromatic heterocycles. The van der Waals surface area contributed by atoms with Crippen molar-refractivity contribution in [3.05, 3.63) is 83.8 Å². The molecule has 0 radical (unpaired) electrons. The van der Waals surface area contributed by atoms with E-state index in [4.69, 9.17) is 18.9 Å². The van der Waals surface area contributed by atoms with E-state index in [2.05, 4.69) is 11.3 Å². The SMILES string of the molecule is C=CS(=O)(=O)NC[C@@H]1C[C@@H]2O[C@H](COCc3ccccc3)[C@@H](OCc3ccccc3)[C@@H]2O1. The molecule has 2 saturated heterocycles. The number of ether oxygens (including phenoxy) is 4. The molecule has 0 bridgehead atoms. The zero-order chi connectivity index (χ0) is 22.4. The van der Waals surface area contributed by atoms with Crippen LogP contribution in [-0.4, -0.2) is 52.1 Å². The number of benzene rings is 2. The fourth-order valence-corrected chi connectivity index (χ4v) is 4.60. The molecular weight excluding hydrogens is 430 g/mol. The number of sulfonamides is 1. The van der Waals surface area contributed by atoms with Gasteiger partial charge in [0, 0.05) is 18.4 Å². The first kappa shape index (κ1) is 23.1. The van der Waals surface area contributed by atoms with Crippen LogP contribution in [0.1, 0.15) is 17.5 Å². The van der Waals surface area contributed by atoms with Gasteiger partial charge >= 0.3 is 0 Å². The van der Waals surface area contributed by atoms with E-state index < -0.39 is 10.0 Å². The summed E-state index contributed by atoms with van der Waals surface area (Å²) in [7, 11) is -3.50. The van der Waals surface area contributed by atoms with Crippen molar-refractivity contribution in [3.8, 4) is 0 Å². The largest absolute Gasteiger partial charge is 0.374 e. The van der Waals surface area contributed by atoms with Gasteiger partial charge in [-0.2, -0.15) is 0 Å². The average Bonchev–Trinajstić information content (AvgIpc) is 3.35. The molecule has 2 aliphatic rings. The second-order valence-electron chi connectivity index (χ2n) is 7.99. The lowest BCUT2D eigenvalue weighted by molar-refractivity contribution is -0.100. The number of rotatable bonds is 11. The van der Waals surface area contributed by atoms with E-state index in [-0.39, 0.29) is 37.1 Å². The topological polar surface area (TPSA) is 83.1 Å². The van der Waals surface area contributed by atoms with Crippen molar-refractivity contribution in [1.82, 2.24) is 4.72 Å². The van der Waals surface area contributed by atoms with Gasteiger partial charge in [0.25, 0.3) is 0 Å². The third kappa shape index (κ3) is 6.04. The summed E-state index contributed by atoms with van der Waals surface area (Å²) in [6.07, 6.45) is -0.708. The van der Waals surface area contributed by atoms with Crippen LogP contribution in [0.4, 0.5) is 0 Å². The Balaban J connectivity index is 1.36. The minimum Gasteiger partial charge on any atom is -0.374 e. The van der Waals surface area contributed by atoms with Gasteiger partial charge in [0.15, 0.2) is 0 Å². The van der Waals surface area contributed by atoms with Gasteiger partial charge in [0.05, 0.1) is 32.0 Å². The van der Waals surface area contributed by atoms with E-state index in [9.17, 15) is 8.42 Å². The highest BCUT2D eigenvalue weighted by Crippen LogP contribution is 2.36.